The molecule has 3 atom stereocenters. The van der Waals surface area contributed by atoms with Crippen molar-refractivity contribution in [2.24, 2.45) is 11.8 Å². The minimum Gasteiger partial charge on any atom is -0.480 e. The van der Waals surface area contributed by atoms with Crippen LogP contribution in [0.2, 0.25) is 0 Å². The molecular weight excluding hydrogens is 372 g/mol. The lowest BCUT2D eigenvalue weighted by molar-refractivity contribution is -0.140. The molecule has 1 aromatic carbocycles. The van der Waals surface area contributed by atoms with Crippen molar-refractivity contribution in [1.82, 2.24) is 9.62 Å². The second-order valence-electron chi connectivity index (χ2n) is 7.12. The number of nitrogens with zero attached hydrogens (tertiary/aromatic N) is 1. The number of rotatable bonds is 7. The summed E-state index contributed by atoms with van der Waals surface area (Å²) in [5, 5.41) is 11.4. The van der Waals surface area contributed by atoms with Crippen LogP contribution >= 0.6 is 0 Å². The number of nitrogens with one attached hydrogen (secondary N) is 1. The molecule has 1 amide bonds. The lowest BCUT2D eigenvalue weighted by atomic mass is 9.94. The maximum atomic E-state index is 13.0. The molecular formula is C18H26N2O6S. The molecule has 9 heteroatoms. The van der Waals surface area contributed by atoms with Gasteiger partial charge < -0.3 is 15.2 Å². The summed E-state index contributed by atoms with van der Waals surface area (Å²) in [7, 11) is -2.40. The molecule has 0 bridgehead atoms. The number of amides is 1. The normalized spacial score (nSPS) is 22.2. The molecule has 1 saturated heterocycles. The molecule has 1 heterocycles. The predicted molar refractivity (Wildman–Crippen MR) is 98.9 cm³/mol. The Bertz CT molecular complexity index is 785. The van der Waals surface area contributed by atoms with Crippen LogP contribution in [-0.4, -0.2) is 62.6 Å². The van der Waals surface area contributed by atoms with Gasteiger partial charge in [0.1, 0.15) is 0 Å². The molecule has 1 aliphatic rings. The van der Waals surface area contributed by atoms with E-state index in [1.165, 1.54) is 35.7 Å². The van der Waals surface area contributed by atoms with Gasteiger partial charge in [-0.3, -0.25) is 4.79 Å². The van der Waals surface area contributed by atoms with Crippen molar-refractivity contribution in [2.45, 2.75) is 31.2 Å². The highest BCUT2D eigenvalue weighted by atomic mass is 32.2. The predicted octanol–water partition coefficient (Wildman–Crippen LogP) is 1.18. The fourth-order valence-electron chi connectivity index (χ4n) is 3.33. The van der Waals surface area contributed by atoms with E-state index < -0.39 is 27.9 Å². The fraction of sp³-hybridized carbons (Fsp3) is 0.556. The van der Waals surface area contributed by atoms with Gasteiger partial charge in [-0.05, 0) is 36.5 Å². The van der Waals surface area contributed by atoms with E-state index in [9.17, 15) is 18.0 Å². The first kappa shape index (κ1) is 21.3. The monoisotopic (exact) mass is 398 g/mol. The fourth-order valence-corrected chi connectivity index (χ4v) is 5.06. The molecule has 2 rings (SSSR count). The average molecular weight is 398 g/mol. The SMILES string of the molecule is COCC(NC(=O)c1cccc(S(=O)(=O)N2CC(C)CC(C)C2)c1)C(=O)O. The standard InChI is InChI=1S/C18H26N2O6S/c1-12-7-13(2)10-20(9-12)27(24,25)15-6-4-5-14(8-15)17(21)19-16(11-26-3)18(22)23/h4-6,8,12-13,16H,7,9-11H2,1-3H3,(H,19,21)(H,22,23). The zero-order chi connectivity index (χ0) is 20.2. The Morgan fingerprint density at radius 3 is 2.48 bits per heavy atom. The number of carboxylic acids is 1. The van der Waals surface area contributed by atoms with Gasteiger partial charge >= 0.3 is 5.97 Å². The molecule has 0 spiro atoms. The van der Waals surface area contributed by atoms with Crippen molar-refractivity contribution in [3.8, 4) is 0 Å². The third kappa shape index (κ3) is 5.27. The van der Waals surface area contributed by atoms with Crippen molar-refractivity contribution in [2.75, 3.05) is 26.8 Å². The van der Waals surface area contributed by atoms with E-state index in [2.05, 4.69) is 5.32 Å². The molecule has 1 aromatic rings. The van der Waals surface area contributed by atoms with Gasteiger partial charge in [-0.15, -0.1) is 0 Å². The summed E-state index contributed by atoms with van der Waals surface area (Å²) in [4.78, 5) is 23.5. The zero-order valence-electron chi connectivity index (χ0n) is 15.7. The molecule has 3 unspecified atom stereocenters. The number of ether oxygens (including phenoxy) is 1. The van der Waals surface area contributed by atoms with E-state index in [-0.39, 0.29) is 28.9 Å². The van der Waals surface area contributed by atoms with Crippen LogP contribution in [0.3, 0.4) is 0 Å². The second-order valence-corrected chi connectivity index (χ2v) is 9.05. The number of benzene rings is 1. The Morgan fingerprint density at radius 1 is 1.30 bits per heavy atom. The van der Waals surface area contributed by atoms with Gasteiger partial charge in [0.25, 0.3) is 5.91 Å². The van der Waals surface area contributed by atoms with Gasteiger partial charge in [-0.2, -0.15) is 4.31 Å². The zero-order valence-corrected chi connectivity index (χ0v) is 16.5. The lowest BCUT2D eigenvalue weighted by Crippen LogP contribution is -2.44. The summed E-state index contributed by atoms with van der Waals surface area (Å²) < 4.78 is 32.2. The topological polar surface area (TPSA) is 113 Å². The highest BCUT2D eigenvalue weighted by Gasteiger charge is 2.32. The van der Waals surface area contributed by atoms with E-state index >= 15 is 0 Å². The van der Waals surface area contributed by atoms with Gasteiger partial charge in [-0.1, -0.05) is 19.9 Å². The summed E-state index contributed by atoms with van der Waals surface area (Å²) in [6.45, 7) is 4.73. The number of hydrogen-bond acceptors (Lipinski definition) is 5. The molecule has 27 heavy (non-hydrogen) atoms. The van der Waals surface area contributed by atoms with E-state index in [0.717, 1.165) is 6.42 Å². The summed E-state index contributed by atoms with van der Waals surface area (Å²) >= 11 is 0. The van der Waals surface area contributed by atoms with Crippen LogP contribution in [0.4, 0.5) is 0 Å². The maximum Gasteiger partial charge on any atom is 0.328 e. The molecule has 0 aliphatic carbocycles. The van der Waals surface area contributed by atoms with E-state index in [1.807, 2.05) is 13.8 Å². The Balaban J connectivity index is 2.23. The largest absolute Gasteiger partial charge is 0.480 e. The van der Waals surface area contributed by atoms with Crippen molar-refractivity contribution in [1.29, 1.82) is 0 Å². The van der Waals surface area contributed by atoms with Crippen LogP contribution in [0.1, 0.15) is 30.6 Å². The second kappa shape index (κ2) is 8.81. The molecule has 1 aliphatic heterocycles. The smallest absolute Gasteiger partial charge is 0.328 e. The molecule has 2 N–H and O–H groups in total. The van der Waals surface area contributed by atoms with E-state index in [4.69, 9.17) is 9.84 Å². The van der Waals surface area contributed by atoms with Gasteiger partial charge in [0.15, 0.2) is 6.04 Å². The summed E-state index contributed by atoms with van der Waals surface area (Å²) in [5.74, 6) is -1.37. The molecule has 150 valence electrons. The number of hydrogen-bond donors (Lipinski definition) is 2. The van der Waals surface area contributed by atoms with Crippen molar-refractivity contribution >= 4 is 21.9 Å². The number of piperidine rings is 1. The first-order valence-corrected chi connectivity index (χ1v) is 10.2. The third-order valence-corrected chi connectivity index (χ3v) is 6.33. The number of aliphatic carboxylic acids is 1. The Hall–Kier alpha value is -1.97. The number of carbonyl (C=O) groups is 2. The molecule has 0 saturated carbocycles. The van der Waals surface area contributed by atoms with Crippen molar-refractivity contribution < 1.29 is 27.9 Å². The van der Waals surface area contributed by atoms with E-state index in [0.29, 0.717) is 13.1 Å². The van der Waals surface area contributed by atoms with Crippen LogP contribution in [0.25, 0.3) is 0 Å². The minimum atomic E-state index is -3.73. The Kier molecular flexibility index (Phi) is 6.96. The van der Waals surface area contributed by atoms with Gasteiger partial charge in [-0.25, -0.2) is 13.2 Å². The van der Waals surface area contributed by atoms with Gasteiger partial charge in [0.2, 0.25) is 10.0 Å². The summed E-state index contributed by atoms with van der Waals surface area (Å²) in [6, 6.07) is 4.43. The first-order valence-electron chi connectivity index (χ1n) is 8.78. The minimum absolute atomic E-state index is 0.0232. The van der Waals surface area contributed by atoms with Gasteiger partial charge in [0, 0.05) is 25.8 Å². The van der Waals surface area contributed by atoms with Crippen molar-refractivity contribution in [3.05, 3.63) is 29.8 Å². The lowest BCUT2D eigenvalue weighted by Gasteiger charge is -2.34. The van der Waals surface area contributed by atoms with Crippen LogP contribution in [0.5, 0.6) is 0 Å². The van der Waals surface area contributed by atoms with Crippen LogP contribution in [-0.2, 0) is 19.6 Å². The summed E-state index contributed by atoms with van der Waals surface area (Å²) in [6.07, 6.45) is 0.977. The molecule has 8 nitrogen and oxygen atoms in total. The third-order valence-electron chi connectivity index (χ3n) is 4.51. The van der Waals surface area contributed by atoms with E-state index in [1.54, 1.807) is 0 Å². The quantitative estimate of drug-likeness (QED) is 0.713. The summed E-state index contributed by atoms with van der Waals surface area (Å²) in [5.41, 5.74) is 0.0801. The Labute approximate surface area is 159 Å². The van der Waals surface area contributed by atoms with Crippen molar-refractivity contribution in [3.63, 3.8) is 0 Å². The van der Waals surface area contributed by atoms with Crippen LogP contribution in [0.15, 0.2) is 29.2 Å². The number of carboxylic acid groups (broad SMARTS) is 1. The number of methoxy groups -OCH3 is 1. The average Bonchev–Trinajstić information content (AvgIpc) is 2.60. The first-order chi connectivity index (χ1) is 12.6. The highest BCUT2D eigenvalue weighted by Crippen LogP contribution is 2.27. The molecule has 0 radical (unpaired) electrons. The van der Waals surface area contributed by atoms with Crippen LogP contribution < -0.4 is 5.32 Å². The highest BCUT2D eigenvalue weighted by molar-refractivity contribution is 7.89. The number of sulfonamides is 1. The molecule has 1 fully saturated rings. The maximum absolute atomic E-state index is 13.0. The van der Waals surface area contributed by atoms with Crippen LogP contribution in [0, 0.1) is 11.8 Å². The Morgan fingerprint density at radius 2 is 1.93 bits per heavy atom. The number of carbonyl (C=O) groups excluding carboxylic acids is 1. The molecule has 0 aromatic heterocycles. The van der Waals surface area contributed by atoms with Gasteiger partial charge in [0.05, 0.1) is 11.5 Å².